The highest BCUT2D eigenvalue weighted by molar-refractivity contribution is 6.06. The largest absolute Gasteiger partial charge is 0.468 e. The first-order valence-corrected chi connectivity index (χ1v) is 10.2. The number of aryl methyl sites for hydroxylation is 2. The Bertz CT molecular complexity index is 1210. The Hall–Kier alpha value is -3.38. The number of rotatable bonds is 7. The summed E-state index contributed by atoms with van der Waals surface area (Å²) in [6, 6.07) is 13.6. The Kier molecular flexibility index (Phi) is 5.91. The van der Waals surface area contributed by atoms with Crippen LogP contribution >= 0.6 is 0 Å². The van der Waals surface area contributed by atoms with E-state index < -0.39 is 0 Å². The van der Waals surface area contributed by atoms with Crippen molar-refractivity contribution in [1.82, 2.24) is 4.90 Å². The average molecular weight is 420 g/mol. The number of carbonyl (C=O) groups is 1. The molecule has 2 aromatic heterocycles. The second kappa shape index (κ2) is 8.78. The highest BCUT2D eigenvalue weighted by Crippen LogP contribution is 2.29. The van der Waals surface area contributed by atoms with Gasteiger partial charge in [-0.15, -0.1) is 0 Å². The lowest BCUT2D eigenvalue weighted by Gasteiger charge is -2.15. The van der Waals surface area contributed by atoms with Gasteiger partial charge in [-0.25, -0.2) is 4.39 Å². The molecule has 0 unspecified atom stereocenters. The van der Waals surface area contributed by atoms with Gasteiger partial charge in [0.25, 0.3) is 5.91 Å². The van der Waals surface area contributed by atoms with Gasteiger partial charge in [0.05, 0.1) is 12.8 Å². The number of furan rings is 2. The molecule has 0 spiro atoms. The number of carbonyl (C=O) groups excluding carboxylic acids is 1. The molecule has 0 saturated carbocycles. The van der Waals surface area contributed by atoms with E-state index >= 15 is 0 Å². The van der Waals surface area contributed by atoms with Gasteiger partial charge < -0.3 is 14.2 Å². The Balaban J connectivity index is 1.51. The minimum Gasteiger partial charge on any atom is -0.468 e. The van der Waals surface area contributed by atoms with Crippen LogP contribution in [0.25, 0.3) is 11.0 Å². The van der Waals surface area contributed by atoms with Crippen molar-refractivity contribution >= 4 is 22.6 Å². The molecule has 31 heavy (non-hydrogen) atoms. The monoisotopic (exact) mass is 420 g/mol. The second-order valence-electron chi connectivity index (χ2n) is 7.83. The standard InChI is InChI=1S/C25H25FN2O3/c1-16-13-18(26)6-8-21(16)25(29)27-19-7-9-24-23(14-19)22(17(2)31-24)10-11-28(3)15-20-5-4-12-30-20/h4-9,12-14H,10-11,15H2,1-3H3,(H,27,29). The van der Waals surface area contributed by atoms with Crippen LogP contribution in [0.15, 0.2) is 63.6 Å². The summed E-state index contributed by atoms with van der Waals surface area (Å²) in [5.41, 5.74) is 3.63. The number of hydrogen-bond donors (Lipinski definition) is 1. The molecule has 2 heterocycles. The molecule has 1 amide bonds. The van der Waals surface area contributed by atoms with Crippen LogP contribution in [0.4, 0.5) is 10.1 Å². The number of likely N-dealkylation sites (N-methyl/N-ethyl adjacent to an activating group) is 1. The number of nitrogens with zero attached hydrogens (tertiary/aromatic N) is 1. The molecule has 0 aliphatic heterocycles. The summed E-state index contributed by atoms with van der Waals surface area (Å²) in [4.78, 5) is 14.9. The van der Waals surface area contributed by atoms with Crippen LogP contribution in [-0.2, 0) is 13.0 Å². The Labute approximate surface area is 180 Å². The Morgan fingerprint density at radius 2 is 1.97 bits per heavy atom. The van der Waals surface area contributed by atoms with E-state index in [4.69, 9.17) is 8.83 Å². The molecule has 2 aromatic carbocycles. The van der Waals surface area contributed by atoms with E-state index in [1.54, 1.807) is 13.2 Å². The van der Waals surface area contributed by atoms with E-state index in [9.17, 15) is 9.18 Å². The van der Waals surface area contributed by atoms with Crippen molar-refractivity contribution in [2.45, 2.75) is 26.8 Å². The number of amides is 1. The summed E-state index contributed by atoms with van der Waals surface area (Å²) < 4.78 is 24.7. The number of benzene rings is 2. The number of nitrogens with one attached hydrogen (secondary N) is 1. The summed E-state index contributed by atoms with van der Waals surface area (Å²) >= 11 is 0. The van der Waals surface area contributed by atoms with Gasteiger partial charge in [-0.2, -0.15) is 0 Å². The maximum atomic E-state index is 13.3. The number of halogens is 1. The van der Waals surface area contributed by atoms with Gasteiger partial charge in [-0.3, -0.25) is 9.69 Å². The second-order valence-corrected chi connectivity index (χ2v) is 7.83. The Morgan fingerprint density at radius 1 is 1.13 bits per heavy atom. The molecule has 0 bridgehead atoms. The molecule has 0 radical (unpaired) electrons. The molecule has 4 rings (SSSR count). The van der Waals surface area contributed by atoms with Crippen molar-refractivity contribution < 1.29 is 18.0 Å². The third-order valence-electron chi connectivity index (χ3n) is 5.43. The van der Waals surface area contributed by atoms with Crippen LogP contribution in [0.1, 0.15) is 33.0 Å². The third-order valence-corrected chi connectivity index (χ3v) is 5.43. The van der Waals surface area contributed by atoms with Crippen LogP contribution in [0.5, 0.6) is 0 Å². The summed E-state index contributed by atoms with van der Waals surface area (Å²) in [5, 5.41) is 3.90. The fraction of sp³-hybridized carbons (Fsp3) is 0.240. The summed E-state index contributed by atoms with van der Waals surface area (Å²) in [6.45, 7) is 5.25. The topological polar surface area (TPSA) is 58.6 Å². The van der Waals surface area contributed by atoms with Crippen molar-refractivity contribution in [1.29, 1.82) is 0 Å². The first-order valence-electron chi connectivity index (χ1n) is 10.2. The van der Waals surface area contributed by atoms with Crippen molar-refractivity contribution in [2.75, 3.05) is 18.9 Å². The molecule has 6 heteroatoms. The maximum Gasteiger partial charge on any atom is 0.255 e. The molecule has 0 aliphatic carbocycles. The summed E-state index contributed by atoms with van der Waals surface area (Å²) in [6.07, 6.45) is 2.49. The van der Waals surface area contributed by atoms with Crippen molar-refractivity contribution in [3.05, 3.63) is 88.8 Å². The number of fused-ring (bicyclic) bond motifs is 1. The molecule has 1 N–H and O–H groups in total. The van der Waals surface area contributed by atoms with Crippen molar-refractivity contribution in [2.24, 2.45) is 0 Å². The minimum absolute atomic E-state index is 0.267. The molecular formula is C25H25FN2O3. The quantitative estimate of drug-likeness (QED) is 0.416. The smallest absolute Gasteiger partial charge is 0.255 e. The molecule has 0 saturated heterocycles. The molecule has 0 aliphatic rings. The number of hydrogen-bond acceptors (Lipinski definition) is 4. The molecule has 0 atom stereocenters. The van der Waals surface area contributed by atoms with E-state index in [-0.39, 0.29) is 11.7 Å². The van der Waals surface area contributed by atoms with Crippen LogP contribution in [0.2, 0.25) is 0 Å². The highest BCUT2D eigenvalue weighted by atomic mass is 19.1. The first kappa shape index (κ1) is 20.9. The molecule has 0 fully saturated rings. The first-order chi connectivity index (χ1) is 14.9. The fourth-order valence-electron chi connectivity index (χ4n) is 3.79. The van der Waals surface area contributed by atoms with Gasteiger partial charge in [0, 0.05) is 28.7 Å². The Morgan fingerprint density at radius 3 is 2.71 bits per heavy atom. The van der Waals surface area contributed by atoms with Gasteiger partial charge in [-0.1, -0.05) is 0 Å². The zero-order chi connectivity index (χ0) is 22.0. The van der Waals surface area contributed by atoms with Gasteiger partial charge in [0.2, 0.25) is 0 Å². The SMILES string of the molecule is Cc1cc(F)ccc1C(=O)Nc1ccc2oc(C)c(CCN(C)Cc3ccco3)c2c1. The zero-order valence-electron chi connectivity index (χ0n) is 17.9. The van der Waals surface area contributed by atoms with Crippen molar-refractivity contribution in [3.63, 3.8) is 0 Å². The normalized spacial score (nSPS) is 11.4. The van der Waals surface area contributed by atoms with Crippen LogP contribution in [-0.4, -0.2) is 24.4 Å². The van der Waals surface area contributed by atoms with E-state index in [2.05, 4.69) is 17.3 Å². The maximum absolute atomic E-state index is 13.3. The average Bonchev–Trinajstić information content (AvgIpc) is 3.33. The van der Waals surface area contributed by atoms with Gasteiger partial charge >= 0.3 is 0 Å². The molecular weight excluding hydrogens is 395 g/mol. The van der Waals surface area contributed by atoms with Crippen LogP contribution < -0.4 is 5.32 Å². The number of anilines is 1. The fourth-order valence-corrected chi connectivity index (χ4v) is 3.79. The summed E-state index contributed by atoms with van der Waals surface area (Å²) in [7, 11) is 2.05. The lowest BCUT2D eigenvalue weighted by atomic mass is 10.1. The predicted molar refractivity (Wildman–Crippen MR) is 119 cm³/mol. The van der Waals surface area contributed by atoms with E-state index in [1.807, 2.05) is 37.3 Å². The van der Waals surface area contributed by atoms with Crippen LogP contribution in [0.3, 0.4) is 0 Å². The summed E-state index contributed by atoms with van der Waals surface area (Å²) in [5.74, 6) is 1.18. The van der Waals surface area contributed by atoms with Crippen molar-refractivity contribution in [3.8, 4) is 0 Å². The van der Waals surface area contributed by atoms with Gasteiger partial charge in [0.15, 0.2) is 0 Å². The molecule has 160 valence electrons. The van der Waals surface area contributed by atoms with Crippen LogP contribution in [0, 0.1) is 19.7 Å². The molecule has 4 aromatic rings. The minimum atomic E-state index is -0.356. The highest BCUT2D eigenvalue weighted by Gasteiger charge is 2.15. The van der Waals surface area contributed by atoms with Gasteiger partial charge in [0.1, 0.15) is 22.9 Å². The van der Waals surface area contributed by atoms with E-state index in [1.165, 1.54) is 18.2 Å². The van der Waals surface area contributed by atoms with E-state index in [0.29, 0.717) is 16.8 Å². The lowest BCUT2D eigenvalue weighted by molar-refractivity contribution is 0.102. The third kappa shape index (κ3) is 4.70. The van der Waals surface area contributed by atoms with E-state index in [0.717, 1.165) is 47.6 Å². The zero-order valence-corrected chi connectivity index (χ0v) is 17.9. The van der Waals surface area contributed by atoms with Gasteiger partial charge in [-0.05, 0) is 81.4 Å². The molecule has 5 nitrogen and oxygen atoms in total. The predicted octanol–water partition coefficient (Wildman–Crippen LogP) is 5.71. The lowest BCUT2D eigenvalue weighted by Crippen LogP contribution is -2.20.